The molecule has 2 aromatic rings. The molecule has 1 unspecified atom stereocenters. The van der Waals surface area contributed by atoms with Crippen LogP contribution >= 0.6 is 0 Å². The molecule has 0 heterocycles. The Hall–Kier alpha value is -2.89. The van der Waals surface area contributed by atoms with Crippen LogP contribution in [0, 0.1) is 17.0 Å². The van der Waals surface area contributed by atoms with Crippen LogP contribution in [0.4, 0.5) is 5.69 Å². The molecule has 0 aromatic heterocycles. The topological polar surface area (TPSA) is 81.5 Å². The van der Waals surface area contributed by atoms with E-state index in [1.54, 1.807) is 13.0 Å². The van der Waals surface area contributed by atoms with Crippen molar-refractivity contribution >= 4 is 11.6 Å². The first-order chi connectivity index (χ1) is 12.0. The lowest BCUT2D eigenvalue weighted by molar-refractivity contribution is -0.385. The molecule has 0 aliphatic carbocycles. The first kappa shape index (κ1) is 18.4. The Morgan fingerprint density at radius 1 is 1.24 bits per heavy atom. The quantitative estimate of drug-likeness (QED) is 0.582. The minimum Gasteiger partial charge on any atom is -0.477 e. The number of amides is 1. The summed E-state index contributed by atoms with van der Waals surface area (Å²) in [5.74, 6) is -0.213. The highest BCUT2D eigenvalue weighted by Gasteiger charge is 2.18. The molecule has 1 N–H and O–H groups in total. The van der Waals surface area contributed by atoms with Crippen LogP contribution in [0.2, 0.25) is 0 Å². The van der Waals surface area contributed by atoms with E-state index in [9.17, 15) is 14.9 Å². The van der Waals surface area contributed by atoms with Crippen LogP contribution in [0.1, 0.15) is 36.9 Å². The fourth-order valence-corrected chi connectivity index (χ4v) is 2.57. The lowest BCUT2D eigenvalue weighted by atomic mass is 10.0. The van der Waals surface area contributed by atoms with Gasteiger partial charge in [0.1, 0.15) is 0 Å². The Morgan fingerprint density at radius 2 is 1.96 bits per heavy atom. The monoisotopic (exact) mass is 342 g/mol. The summed E-state index contributed by atoms with van der Waals surface area (Å²) in [4.78, 5) is 22.8. The summed E-state index contributed by atoms with van der Waals surface area (Å²) in [5.41, 5.74) is 1.65. The molecule has 0 bridgehead atoms. The SMILES string of the molecule is CCCC(NC(=O)COc1ccc(C)cc1[N+](=O)[O-])c1ccccc1. The zero-order valence-electron chi connectivity index (χ0n) is 14.4. The third-order valence-corrected chi connectivity index (χ3v) is 3.78. The van der Waals surface area contributed by atoms with Crippen LogP contribution in [0.5, 0.6) is 5.75 Å². The molecule has 0 aliphatic heterocycles. The zero-order valence-corrected chi connectivity index (χ0v) is 14.4. The molecule has 0 radical (unpaired) electrons. The average Bonchev–Trinajstić information content (AvgIpc) is 2.61. The highest BCUT2D eigenvalue weighted by atomic mass is 16.6. The van der Waals surface area contributed by atoms with Gasteiger partial charge in [-0.3, -0.25) is 14.9 Å². The van der Waals surface area contributed by atoms with E-state index in [4.69, 9.17) is 4.74 Å². The molecule has 25 heavy (non-hydrogen) atoms. The fourth-order valence-electron chi connectivity index (χ4n) is 2.57. The maximum atomic E-state index is 12.2. The molecule has 0 aliphatic rings. The number of nitro groups is 1. The van der Waals surface area contributed by atoms with Crippen molar-refractivity contribution < 1.29 is 14.5 Å². The summed E-state index contributed by atoms with van der Waals surface area (Å²) in [7, 11) is 0. The number of nitrogens with one attached hydrogen (secondary N) is 1. The summed E-state index contributed by atoms with van der Waals surface area (Å²) < 4.78 is 5.38. The maximum absolute atomic E-state index is 12.2. The fraction of sp³-hybridized carbons (Fsp3) is 0.316. The molecular formula is C19H22N2O4. The Balaban J connectivity index is 2.01. The van der Waals surface area contributed by atoms with Crippen LogP contribution in [-0.2, 0) is 4.79 Å². The summed E-state index contributed by atoms with van der Waals surface area (Å²) in [5, 5.41) is 14.0. The van der Waals surface area contributed by atoms with E-state index in [0.717, 1.165) is 24.0 Å². The number of carbonyl (C=O) groups excluding carboxylic acids is 1. The van der Waals surface area contributed by atoms with Crippen molar-refractivity contribution in [2.24, 2.45) is 0 Å². The molecule has 132 valence electrons. The van der Waals surface area contributed by atoms with Gasteiger partial charge in [-0.15, -0.1) is 0 Å². The van der Waals surface area contributed by atoms with E-state index >= 15 is 0 Å². The standard InChI is InChI=1S/C19H22N2O4/c1-3-7-16(15-8-5-4-6-9-15)20-19(22)13-25-18-11-10-14(2)12-17(18)21(23)24/h4-6,8-12,16H,3,7,13H2,1-2H3,(H,20,22). The molecule has 1 amide bonds. The Morgan fingerprint density at radius 3 is 2.60 bits per heavy atom. The van der Waals surface area contributed by atoms with E-state index in [1.165, 1.54) is 12.1 Å². The number of hydrogen-bond donors (Lipinski definition) is 1. The van der Waals surface area contributed by atoms with Gasteiger partial charge in [-0.2, -0.15) is 0 Å². The van der Waals surface area contributed by atoms with Crippen molar-refractivity contribution in [3.63, 3.8) is 0 Å². The first-order valence-corrected chi connectivity index (χ1v) is 8.23. The van der Waals surface area contributed by atoms with Crippen LogP contribution in [0.3, 0.4) is 0 Å². The molecule has 6 heteroatoms. The van der Waals surface area contributed by atoms with Crippen molar-refractivity contribution in [3.05, 3.63) is 69.8 Å². The van der Waals surface area contributed by atoms with Gasteiger partial charge < -0.3 is 10.1 Å². The largest absolute Gasteiger partial charge is 0.477 e. The number of ether oxygens (including phenoxy) is 1. The van der Waals surface area contributed by atoms with E-state index in [2.05, 4.69) is 5.32 Å². The highest BCUT2D eigenvalue weighted by molar-refractivity contribution is 5.78. The maximum Gasteiger partial charge on any atom is 0.311 e. The number of rotatable bonds is 8. The van der Waals surface area contributed by atoms with E-state index < -0.39 is 4.92 Å². The van der Waals surface area contributed by atoms with Crippen LogP contribution in [-0.4, -0.2) is 17.4 Å². The lowest BCUT2D eigenvalue weighted by Crippen LogP contribution is -2.32. The third-order valence-electron chi connectivity index (χ3n) is 3.78. The highest BCUT2D eigenvalue weighted by Crippen LogP contribution is 2.27. The Labute approximate surface area is 147 Å². The molecule has 0 spiro atoms. The number of nitro benzene ring substituents is 1. The van der Waals surface area contributed by atoms with E-state index in [1.807, 2.05) is 37.3 Å². The van der Waals surface area contributed by atoms with Crippen LogP contribution in [0.25, 0.3) is 0 Å². The second-order valence-electron chi connectivity index (χ2n) is 5.84. The molecule has 0 fully saturated rings. The summed E-state index contributed by atoms with van der Waals surface area (Å²) in [6, 6.07) is 14.3. The van der Waals surface area contributed by atoms with Gasteiger partial charge in [0.25, 0.3) is 5.91 Å². The van der Waals surface area contributed by atoms with Gasteiger partial charge in [0.05, 0.1) is 11.0 Å². The molecule has 0 saturated heterocycles. The normalized spacial score (nSPS) is 11.6. The molecule has 0 saturated carbocycles. The molecule has 1 atom stereocenters. The molecular weight excluding hydrogens is 320 g/mol. The number of aryl methyl sites for hydroxylation is 1. The zero-order chi connectivity index (χ0) is 18.2. The van der Waals surface area contributed by atoms with Crippen molar-refractivity contribution in [2.75, 3.05) is 6.61 Å². The minimum absolute atomic E-state index is 0.0949. The molecule has 6 nitrogen and oxygen atoms in total. The summed E-state index contributed by atoms with van der Waals surface area (Å²) >= 11 is 0. The van der Waals surface area contributed by atoms with Gasteiger partial charge >= 0.3 is 5.69 Å². The average molecular weight is 342 g/mol. The number of nitrogens with zero attached hydrogens (tertiary/aromatic N) is 1. The Kier molecular flexibility index (Phi) is 6.51. The Bertz CT molecular complexity index is 731. The third kappa shape index (κ3) is 5.31. The summed E-state index contributed by atoms with van der Waals surface area (Å²) in [6.45, 7) is 3.55. The van der Waals surface area contributed by atoms with Crippen LogP contribution < -0.4 is 10.1 Å². The second-order valence-corrected chi connectivity index (χ2v) is 5.84. The smallest absolute Gasteiger partial charge is 0.311 e. The van der Waals surface area contributed by atoms with Gasteiger partial charge in [0.2, 0.25) is 0 Å². The van der Waals surface area contributed by atoms with Gasteiger partial charge in [-0.1, -0.05) is 49.7 Å². The van der Waals surface area contributed by atoms with Gasteiger partial charge in [-0.05, 0) is 30.5 Å². The van der Waals surface area contributed by atoms with E-state index in [0.29, 0.717) is 0 Å². The number of carbonyl (C=O) groups is 1. The van der Waals surface area contributed by atoms with Crippen molar-refractivity contribution in [1.29, 1.82) is 0 Å². The van der Waals surface area contributed by atoms with Crippen molar-refractivity contribution in [2.45, 2.75) is 32.7 Å². The van der Waals surface area contributed by atoms with Gasteiger partial charge in [-0.25, -0.2) is 0 Å². The number of hydrogen-bond acceptors (Lipinski definition) is 4. The van der Waals surface area contributed by atoms with Gasteiger partial charge in [0.15, 0.2) is 12.4 Å². The van der Waals surface area contributed by atoms with Crippen LogP contribution in [0.15, 0.2) is 48.5 Å². The second kappa shape index (κ2) is 8.82. The molecule has 2 rings (SSSR count). The minimum atomic E-state index is -0.510. The van der Waals surface area contributed by atoms with Crippen molar-refractivity contribution in [1.82, 2.24) is 5.32 Å². The molecule has 2 aromatic carbocycles. The van der Waals surface area contributed by atoms with Gasteiger partial charge in [0, 0.05) is 6.07 Å². The predicted molar refractivity (Wildman–Crippen MR) is 95.6 cm³/mol. The van der Waals surface area contributed by atoms with Crippen molar-refractivity contribution in [3.8, 4) is 5.75 Å². The predicted octanol–water partition coefficient (Wildman–Crippen LogP) is 3.94. The lowest BCUT2D eigenvalue weighted by Gasteiger charge is -2.18. The number of benzene rings is 2. The first-order valence-electron chi connectivity index (χ1n) is 8.23. The van der Waals surface area contributed by atoms with E-state index in [-0.39, 0.29) is 30.0 Å². The summed E-state index contributed by atoms with van der Waals surface area (Å²) in [6.07, 6.45) is 1.73.